The van der Waals surface area contributed by atoms with Gasteiger partial charge in [0.2, 0.25) is 0 Å². The van der Waals surface area contributed by atoms with Gasteiger partial charge in [-0.15, -0.1) is 0 Å². The van der Waals surface area contributed by atoms with E-state index in [-0.39, 0.29) is 0 Å². The van der Waals surface area contributed by atoms with Crippen LogP contribution in [0, 0.1) is 24.2 Å². The molecule has 0 amide bonds. The number of hydrogen-bond donors (Lipinski definition) is 0. The molecule has 2 rings (SSSR count). The second-order valence-electron chi connectivity index (χ2n) is 4.62. The third kappa shape index (κ3) is 2.01. The molecule has 0 spiro atoms. The summed E-state index contributed by atoms with van der Waals surface area (Å²) in [6, 6.07) is 6.43. The molecule has 84 valence electrons. The lowest BCUT2D eigenvalue weighted by Gasteiger charge is -2.26. The molecule has 16 heavy (non-hydrogen) atoms. The molecule has 1 fully saturated rings. The normalized spacial score (nSPS) is 16.6. The van der Waals surface area contributed by atoms with E-state index >= 15 is 0 Å². The van der Waals surface area contributed by atoms with Crippen molar-refractivity contribution in [3.05, 3.63) is 23.4 Å². The minimum absolute atomic E-state index is 0.474. The van der Waals surface area contributed by atoms with Crippen LogP contribution in [0.1, 0.15) is 31.0 Å². The number of aryl methyl sites for hydroxylation is 1. The van der Waals surface area contributed by atoms with E-state index in [9.17, 15) is 0 Å². The topological polar surface area (TPSA) is 39.9 Å². The van der Waals surface area contributed by atoms with Crippen LogP contribution in [-0.4, -0.2) is 18.1 Å². The van der Waals surface area contributed by atoms with Gasteiger partial charge in [0.25, 0.3) is 0 Å². The highest BCUT2D eigenvalue weighted by atomic mass is 15.2. The van der Waals surface area contributed by atoms with E-state index < -0.39 is 0 Å². The molecule has 0 N–H and O–H groups in total. The maximum Gasteiger partial charge on any atom is 0.146 e. The third-order valence-electron chi connectivity index (χ3n) is 3.38. The fourth-order valence-corrected chi connectivity index (χ4v) is 1.99. The first-order valence-corrected chi connectivity index (χ1v) is 5.74. The Bertz CT molecular complexity index is 429. The monoisotopic (exact) mass is 215 g/mol. The fraction of sp³-hybridized carbons (Fsp3) is 0.538. The predicted octanol–water partition coefficient (Wildman–Crippen LogP) is 2.50. The van der Waals surface area contributed by atoms with Crippen LogP contribution >= 0.6 is 0 Å². The summed E-state index contributed by atoms with van der Waals surface area (Å²) in [7, 11) is 2.03. The van der Waals surface area contributed by atoms with Gasteiger partial charge in [0.1, 0.15) is 11.9 Å². The minimum Gasteiger partial charge on any atom is -0.356 e. The van der Waals surface area contributed by atoms with Gasteiger partial charge in [0, 0.05) is 18.8 Å². The van der Waals surface area contributed by atoms with Crippen molar-refractivity contribution in [2.24, 2.45) is 5.92 Å². The molecule has 3 heteroatoms. The van der Waals surface area contributed by atoms with Crippen molar-refractivity contribution in [2.45, 2.75) is 32.7 Å². The number of aromatic nitrogens is 1. The molecule has 0 saturated heterocycles. The molecule has 1 aliphatic carbocycles. The first-order valence-electron chi connectivity index (χ1n) is 5.74. The summed E-state index contributed by atoms with van der Waals surface area (Å²) in [5.74, 6) is 1.60. The molecular formula is C13H17N3. The summed E-state index contributed by atoms with van der Waals surface area (Å²) >= 11 is 0. The van der Waals surface area contributed by atoms with Crippen molar-refractivity contribution in [2.75, 3.05) is 11.9 Å². The van der Waals surface area contributed by atoms with Crippen molar-refractivity contribution in [1.29, 1.82) is 5.26 Å². The maximum absolute atomic E-state index is 9.08. The van der Waals surface area contributed by atoms with Gasteiger partial charge in [-0.2, -0.15) is 5.26 Å². The summed E-state index contributed by atoms with van der Waals surface area (Å²) < 4.78 is 0. The molecule has 1 aliphatic rings. The van der Waals surface area contributed by atoms with Gasteiger partial charge in [0.15, 0.2) is 0 Å². The number of rotatable bonds is 3. The van der Waals surface area contributed by atoms with Gasteiger partial charge < -0.3 is 4.90 Å². The first-order chi connectivity index (χ1) is 7.63. The highest BCUT2D eigenvalue weighted by Gasteiger charge is 2.31. The fourth-order valence-electron chi connectivity index (χ4n) is 1.99. The lowest BCUT2D eigenvalue weighted by atomic mass is 10.1. The first kappa shape index (κ1) is 10.9. The Morgan fingerprint density at radius 3 is 2.75 bits per heavy atom. The lowest BCUT2D eigenvalue weighted by Crippen LogP contribution is -2.32. The largest absolute Gasteiger partial charge is 0.356 e. The van der Waals surface area contributed by atoms with Crippen molar-refractivity contribution in [1.82, 2.24) is 4.98 Å². The zero-order valence-electron chi connectivity index (χ0n) is 10.1. The molecule has 3 nitrogen and oxygen atoms in total. The molecule has 0 aromatic carbocycles. The Morgan fingerprint density at radius 1 is 1.50 bits per heavy atom. The number of pyridine rings is 1. The maximum atomic E-state index is 9.08. The van der Waals surface area contributed by atoms with Crippen LogP contribution in [0.15, 0.2) is 12.1 Å². The number of nitriles is 1. The molecule has 1 atom stereocenters. The smallest absolute Gasteiger partial charge is 0.146 e. The van der Waals surface area contributed by atoms with Crippen LogP contribution in [0.25, 0.3) is 0 Å². The van der Waals surface area contributed by atoms with Gasteiger partial charge in [-0.05, 0) is 44.7 Å². The van der Waals surface area contributed by atoms with E-state index in [1.54, 1.807) is 0 Å². The Labute approximate surface area is 96.7 Å². The Morgan fingerprint density at radius 2 is 2.19 bits per heavy atom. The highest BCUT2D eigenvalue weighted by Crippen LogP contribution is 2.36. The van der Waals surface area contributed by atoms with Gasteiger partial charge in [-0.1, -0.05) is 0 Å². The average molecular weight is 215 g/mol. The summed E-state index contributed by atoms with van der Waals surface area (Å²) in [4.78, 5) is 6.62. The van der Waals surface area contributed by atoms with Crippen molar-refractivity contribution < 1.29 is 0 Å². The molecule has 0 radical (unpaired) electrons. The standard InChI is InChI=1S/C13H17N3/c1-9-4-5-12(8-14)13(15-9)16(3)10(2)11-6-7-11/h4-5,10-11H,6-7H2,1-3H3. The Balaban J connectivity index is 2.30. The number of nitrogens with zero attached hydrogens (tertiary/aromatic N) is 3. The van der Waals surface area contributed by atoms with Crippen LogP contribution in [-0.2, 0) is 0 Å². The molecule has 1 aromatic rings. The van der Waals surface area contributed by atoms with Gasteiger partial charge in [-0.25, -0.2) is 4.98 Å². The minimum atomic E-state index is 0.474. The Hall–Kier alpha value is -1.56. The molecule has 1 aromatic heterocycles. The summed E-state index contributed by atoms with van der Waals surface area (Å²) in [5, 5.41) is 9.08. The number of hydrogen-bond acceptors (Lipinski definition) is 3. The van der Waals surface area contributed by atoms with Crippen LogP contribution in [0.4, 0.5) is 5.82 Å². The quantitative estimate of drug-likeness (QED) is 0.777. The van der Waals surface area contributed by atoms with Gasteiger partial charge >= 0.3 is 0 Å². The second-order valence-corrected chi connectivity index (χ2v) is 4.62. The summed E-state index contributed by atoms with van der Waals surface area (Å²) in [5.41, 5.74) is 1.63. The Kier molecular flexibility index (Phi) is 2.82. The second kappa shape index (κ2) is 4.13. The van der Waals surface area contributed by atoms with Crippen molar-refractivity contribution >= 4 is 5.82 Å². The van der Waals surface area contributed by atoms with Gasteiger partial charge in [0.05, 0.1) is 5.56 Å². The average Bonchev–Trinajstić information content (AvgIpc) is 3.11. The molecule has 0 aliphatic heterocycles. The number of anilines is 1. The van der Waals surface area contributed by atoms with E-state index in [0.717, 1.165) is 17.4 Å². The molecule has 1 saturated carbocycles. The van der Waals surface area contributed by atoms with E-state index in [1.165, 1.54) is 12.8 Å². The third-order valence-corrected chi connectivity index (χ3v) is 3.38. The SMILES string of the molecule is Cc1ccc(C#N)c(N(C)C(C)C2CC2)n1. The van der Waals surface area contributed by atoms with E-state index in [0.29, 0.717) is 11.6 Å². The van der Waals surface area contributed by atoms with Crippen LogP contribution < -0.4 is 4.90 Å². The van der Waals surface area contributed by atoms with Crippen LogP contribution in [0.2, 0.25) is 0 Å². The molecule has 1 heterocycles. The molecular weight excluding hydrogens is 198 g/mol. The van der Waals surface area contributed by atoms with E-state index in [1.807, 2.05) is 26.1 Å². The van der Waals surface area contributed by atoms with E-state index in [4.69, 9.17) is 5.26 Å². The van der Waals surface area contributed by atoms with E-state index in [2.05, 4.69) is 22.9 Å². The summed E-state index contributed by atoms with van der Waals surface area (Å²) in [6.45, 7) is 4.17. The van der Waals surface area contributed by atoms with Crippen LogP contribution in [0.5, 0.6) is 0 Å². The molecule has 0 bridgehead atoms. The van der Waals surface area contributed by atoms with Crippen LogP contribution in [0.3, 0.4) is 0 Å². The van der Waals surface area contributed by atoms with Crippen molar-refractivity contribution in [3.8, 4) is 6.07 Å². The zero-order valence-corrected chi connectivity index (χ0v) is 10.1. The highest BCUT2D eigenvalue weighted by molar-refractivity contribution is 5.54. The zero-order chi connectivity index (χ0) is 11.7. The van der Waals surface area contributed by atoms with Crippen molar-refractivity contribution in [3.63, 3.8) is 0 Å². The summed E-state index contributed by atoms with van der Waals surface area (Å²) in [6.07, 6.45) is 2.61. The molecule has 1 unspecified atom stereocenters. The lowest BCUT2D eigenvalue weighted by molar-refractivity contribution is 0.603. The van der Waals surface area contributed by atoms with Gasteiger partial charge in [-0.3, -0.25) is 0 Å². The predicted molar refractivity (Wildman–Crippen MR) is 64.3 cm³/mol.